The number of carbonyl (C=O) groups is 15. The largest absolute Gasteiger partial charge is 0.481 e. The maximum atomic E-state index is 15.3. The van der Waals surface area contributed by atoms with Gasteiger partial charge in [0.1, 0.15) is 78.5 Å². The predicted molar refractivity (Wildman–Crippen MR) is 381 cm³/mol. The molecule has 0 saturated carbocycles. The highest BCUT2D eigenvalue weighted by molar-refractivity contribution is 8.76. The third-order valence-electron chi connectivity index (χ3n) is 19.5. The number of carboxylic acid groups (broad SMARTS) is 1. The summed E-state index contributed by atoms with van der Waals surface area (Å²) in [6.45, 7) is 8.09. The fraction of sp³-hybridized carbons (Fsp3) is 0.614. The first kappa shape index (κ1) is 82.4. The minimum atomic E-state index is -1.88. The van der Waals surface area contributed by atoms with Crippen LogP contribution >= 0.6 is 21.6 Å². The van der Waals surface area contributed by atoms with Gasteiger partial charge in [0.2, 0.25) is 82.7 Å². The van der Waals surface area contributed by atoms with Crippen LogP contribution in [0.5, 0.6) is 0 Å². The number of amides is 14. The summed E-state index contributed by atoms with van der Waals surface area (Å²) in [5.74, 6) is -16.4. The summed E-state index contributed by atoms with van der Waals surface area (Å²) in [7, 11) is 1.77. The average Bonchev–Trinajstić information content (AvgIpc) is 1.63. The molecule has 5 heterocycles. The Morgan fingerprint density at radius 1 is 0.471 bits per heavy atom. The second-order valence-electron chi connectivity index (χ2n) is 27.1. The van der Waals surface area contributed by atoms with E-state index < -0.39 is 210 Å². The van der Waals surface area contributed by atoms with E-state index in [1.54, 1.807) is 95.3 Å². The Hall–Kier alpha value is -8.89. The van der Waals surface area contributed by atoms with E-state index in [4.69, 9.17) is 0 Å². The van der Waals surface area contributed by atoms with Crippen LogP contribution in [-0.4, -0.2) is 248 Å². The van der Waals surface area contributed by atoms with Gasteiger partial charge in [-0.25, -0.2) is 0 Å². The lowest BCUT2D eigenvalue weighted by molar-refractivity contribution is -0.149. The van der Waals surface area contributed by atoms with Crippen LogP contribution in [0.2, 0.25) is 0 Å². The minimum absolute atomic E-state index is 0.0304. The number of unbranched alkanes of at least 4 members (excludes halogenated alkanes) is 1. The summed E-state index contributed by atoms with van der Waals surface area (Å²) in [4.78, 5) is 222. The Morgan fingerprint density at radius 2 is 0.913 bits per heavy atom. The molecule has 5 aliphatic heterocycles. The zero-order valence-electron chi connectivity index (χ0n) is 59.5. The number of fused-ring (bicyclic) bond motifs is 8. The standard InChI is InChI=1S/C70H100N14O18S2/c1-7-10-24-43-59(91)73-44(31-41-20-13-11-14-21-41)60(92)76-47(35-85)61(93)81-56(39(5)9-3)70(102)84-30-19-27-52(84)69(101)83-29-18-26-51(83)65(97)80-55(38(4)8-2)66(98)77-49-37-104-103-36-48(62(94)72-43)78-67(99)57(40(6)86)79-53(87)34-71-58(90)45(33-54(88)89)74-64(96)50-25-17-28-82(50)68(100)46(75-63(49)95)32-42-22-15-12-16-23-42/h11-16,20-23,38-40,43-52,55-57,85-86H,7-10,17-19,24-37H2,1-6H3,(H,71,90)(H,72,94)(H,73,91)(H,74,96)(H,75,95)(H,76,92)(H,77,98)(H,78,99)(H,79,87)(H,80,97)(H,81,93)(H,88,89)/t38-,39-,40+,43?,44-,45-,46-,47-,48-,49-,50-,51-,52-,55-,56-,57-/m0/s1. The molecular weight excluding hydrogens is 1390 g/mol. The van der Waals surface area contributed by atoms with E-state index in [1.165, 1.54) is 14.7 Å². The van der Waals surface area contributed by atoms with Crippen molar-refractivity contribution in [2.75, 3.05) is 44.3 Å². The molecular formula is C70H100N14O18S2. The number of hydrogen-bond donors (Lipinski definition) is 14. The maximum Gasteiger partial charge on any atom is 0.305 e. The number of rotatable bonds is 15. The highest BCUT2D eigenvalue weighted by Crippen LogP contribution is 2.29. The van der Waals surface area contributed by atoms with Crippen LogP contribution in [-0.2, 0) is 84.8 Å². The van der Waals surface area contributed by atoms with Crippen LogP contribution in [0.1, 0.15) is 130 Å². The molecule has 14 amide bonds. The molecule has 2 aromatic rings. The summed E-state index contributed by atoms with van der Waals surface area (Å²) < 4.78 is 0. The van der Waals surface area contributed by atoms with Crippen molar-refractivity contribution in [3.05, 3.63) is 71.8 Å². The van der Waals surface area contributed by atoms with Gasteiger partial charge in [-0.2, -0.15) is 0 Å². The molecule has 0 aliphatic carbocycles. The van der Waals surface area contributed by atoms with Crippen LogP contribution in [0.15, 0.2) is 60.7 Å². The SMILES string of the molecule is CCCCC1NC(=O)[C@@H]2CSSC[C@H](NC(=O)[C@H]([C@@H](C)CC)NC(=O)[C@@H]3CCCN3C(=O)[C@@H]3CCCN3C(=O)[C@H]([C@@H](C)CC)NC(=O)[C@H](CO)NC(=O)[C@H](Cc3ccccc3)NC1=O)C(=O)N[C@@H](Cc1ccccc1)C(=O)N1CCC[C@H]1C(=O)N[C@@H](CC(=O)O)C(=O)NCC(=O)N[C@@H]([C@@H](C)O)C(=O)N2. The van der Waals surface area contributed by atoms with E-state index >= 15 is 19.2 Å². The highest BCUT2D eigenvalue weighted by atomic mass is 33.1. The second-order valence-corrected chi connectivity index (χ2v) is 29.7. The van der Waals surface area contributed by atoms with Crippen molar-refractivity contribution in [3.63, 3.8) is 0 Å². The molecule has 5 fully saturated rings. The average molecular weight is 1490 g/mol. The van der Waals surface area contributed by atoms with Crippen LogP contribution in [0, 0.1) is 11.8 Å². The molecule has 104 heavy (non-hydrogen) atoms. The highest BCUT2D eigenvalue weighted by Gasteiger charge is 2.47. The summed E-state index contributed by atoms with van der Waals surface area (Å²) in [5.41, 5.74) is 1.07. The molecule has 5 aliphatic rings. The van der Waals surface area contributed by atoms with Gasteiger partial charge >= 0.3 is 5.97 Å². The fourth-order valence-electron chi connectivity index (χ4n) is 13.1. The number of hydrogen-bond acceptors (Lipinski definition) is 19. The van der Waals surface area contributed by atoms with Gasteiger partial charge in [0.05, 0.1) is 25.7 Å². The second kappa shape index (κ2) is 39.8. The zero-order valence-corrected chi connectivity index (χ0v) is 61.1. The van der Waals surface area contributed by atoms with Crippen LogP contribution in [0.4, 0.5) is 0 Å². The Kier molecular flexibility index (Phi) is 31.6. The van der Waals surface area contributed by atoms with E-state index in [0.29, 0.717) is 43.2 Å². The van der Waals surface area contributed by atoms with Crippen LogP contribution in [0.3, 0.4) is 0 Å². The van der Waals surface area contributed by atoms with Crippen LogP contribution in [0.25, 0.3) is 0 Å². The molecule has 570 valence electrons. The number of benzene rings is 2. The fourth-order valence-corrected chi connectivity index (χ4v) is 15.4. The predicted octanol–water partition coefficient (Wildman–Crippen LogP) is -2.05. The Labute approximate surface area is 611 Å². The summed E-state index contributed by atoms with van der Waals surface area (Å²) >= 11 is 0. The quantitative estimate of drug-likeness (QED) is 0.0853. The van der Waals surface area contributed by atoms with E-state index in [-0.39, 0.29) is 76.8 Å². The van der Waals surface area contributed by atoms with Crippen molar-refractivity contribution in [2.45, 2.75) is 216 Å². The lowest BCUT2D eigenvalue weighted by Crippen LogP contribution is -2.62. The summed E-state index contributed by atoms with van der Waals surface area (Å²) in [6.07, 6.45) is -0.418. The van der Waals surface area contributed by atoms with E-state index in [2.05, 4.69) is 58.5 Å². The van der Waals surface area contributed by atoms with Crippen molar-refractivity contribution in [3.8, 4) is 0 Å². The Morgan fingerprint density at radius 3 is 1.44 bits per heavy atom. The molecule has 2 bridgehead atoms. The number of nitrogens with one attached hydrogen (secondary N) is 11. The minimum Gasteiger partial charge on any atom is -0.481 e. The monoisotopic (exact) mass is 1490 g/mol. The molecule has 32 nitrogen and oxygen atoms in total. The van der Waals surface area contributed by atoms with Crippen molar-refractivity contribution >= 4 is 110 Å². The van der Waals surface area contributed by atoms with Crippen molar-refractivity contribution in [1.82, 2.24) is 73.2 Å². The number of nitrogens with zero attached hydrogens (tertiary/aromatic N) is 3. The number of aliphatic hydroxyl groups excluding tert-OH is 2. The molecule has 0 spiro atoms. The normalized spacial score (nSPS) is 28.7. The van der Waals surface area contributed by atoms with E-state index in [0.717, 1.165) is 28.5 Å². The maximum absolute atomic E-state index is 15.3. The molecule has 0 aromatic heterocycles. The van der Waals surface area contributed by atoms with E-state index in [1.807, 2.05) is 0 Å². The zero-order chi connectivity index (χ0) is 75.9. The van der Waals surface area contributed by atoms with E-state index in [9.17, 15) is 68.1 Å². The first-order valence-corrected chi connectivity index (χ1v) is 38.2. The molecule has 16 atom stereocenters. The lowest BCUT2D eigenvalue weighted by atomic mass is 9.96. The van der Waals surface area contributed by atoms with Crippen molar-refractivity contribution in [2.24, 2.45) is 11.8 Å². The number of carboxylic acids is 1. The van der Waals surface area contributed by atoms with Gasteiger partial charge in [-0.05, 0) is 74.8 Å². The lowest BCUT2D eigenvalue weighted by Gasteiger charge is -2.35. The first-order chi connectivity index (χ1) is 49.7. The van der Waals surface area contributed by atoms with Crippen molar-refractivity contribution in [1.29, 1.82) is 0 Å². The molecule has 7 rings (SSSR count). The third-order valence-corrected chi connectivity index (χ3v) is 21.9. The molecule has 0 radical (unpaired) electrons. The molecule has 1 unspecified atom stereocenters. The van der Waals surface area contributed by atoms with Gasteiger partial charge in [0.25, 0.3) is 0 Å². The van der Waals surface area contributed by atoms with Gasteiger partial charge in [0, 0.05) is 44.0 Å². The number of aliphatic hydroxyl groups is 2. The Bertz CT molecular complexity index is 3410. The summed E-state index contributed by atoms with van der Waals surface area (Å²) in [6, 6.07) is -2.59. The third kappa shape index (κ3) is 22.6. The van der Waals surface area contributed by atoms with Gasteiger partial charge in [-0.3, -0.25) is 71.9 Å². The molecule has 5 saturated heterocycles. The van der Waals surface area contributed by atoms with Crippen LogP contribution < -0.4 is 58.5 Å². The number of carbonyl (C=O) groups excluding carboxylic acids is 14. The van der Waals surface area contributed by atoms with Gasteiger partial charge < -0.3 is 88.5 Å². The molecule has 2 aromatic carbocycles. The van der Waals surface area contributed by atoms with Gasteiger partial charge in [0.15, 0.2) is 0 Å². The molecule has 34 heteroatoms. The summed E-state index contributed by atoms with van der Waals surface area (Å²) in [5, 5.41) is 60.3. The van der Waals surface area contributed by atoms with Gasteiger partial charge in [-0.1, -0.05) is 143 Å². The smallest absolute Gasteiger partial charge is 0.305 e. The van der Waals surface area contributed by atoms with Gasteiger partial charge in [-0.15, -0.1) is 0 Å². The topological polar surface area (TPSA) is 459 Å². The first-order valence-electron chi connectivity index (χ1n) is 35.7. The number of aliphatic carboxylic acids is 1. The Balaban J connectivity index is 1.35. The molecule has 14 N–H and O–H groups in total. The van der Waals surface area contributed by atoms with Crippen molar-refractivity contribution < 1.29 is 87.2 Å².